The maximum Gasteiger partial charge on any atom is 0.233 e. The molecule has 1 N–H and O–H groups in total. The second-order valence-corrected chi connectivity index (χ2v) is 9.91. The smallest absolute Gasteiger partial charge is 0.233 e. The summed E-state index contributed by atoms with van der Waals surface area (Å²) in [5, 5.41) is 12.9. The van der Waals surface area contributed by atoms with Crippen molar-refractivity contribution in [3.8, 4) is 0 Å². The predicted octanol–water partition coefficient (Wildman–Crippen LogP) is 4.88. The molecule has 2 aliphatic carbocycles. The van der Waals surface area contributed by atoms with Crippen molar-refractivity contribution in [3.63, 3.8) is 0 Å². The van der Waals surface area contributed by atoms with E-state index in [4.69, 9.17) is 0 Å². The van der Waals surface area contributed by atoms with Crippen molar-refractivity contribution < 1.29 is 4.79 Å². The molecule has 6 heteroatoms. The molecule has 5 nitrogen and oxygen atoms in total. The first-order valence-corrected chi connectivity index (χ1v) is 12.1. The quantitative estimate of drug-likeness (QED) is 0.541. The molecule has 31 heavy (non-hydrogen) atoms. The topological polar surface area (TPSA) is 59.8 Å². The Morgan fingerprint density at radius 2 is 1.87 bits per heavy atom. The number of amides is 1. The average molecular weight is 433 g/mol. The average Bonchev–Trinajstić information content (AvgIpc) is 3.57. The van der Waals surface area contributed by atoms with E-state index in [1.807, 2.05) is 13.0 Å². The third-order valence-corrected chi connectivity index (χ3v) is 7.29. The molecule has 1 aromatic heterocycles. The van der Waals surface area contributed by atoms with Crippen LogP contribution in [0.25, 0.3) is 0 Å². The predicted molar refractivity (Wildman–Crippen MR) is 123 cm³/mol. The summed E-state index contributed by atoms with van der Waals surface area (Å²) in [7, 11) is 0. The van der Waals surface area contributed by atoms with Crippen LogP contribution in [-0.2, 0) is 17.8 Å². The first-order valence-electron chi connectivity index (χ1n) is 11.2. The molecule has 0 radical (unpaired) electrons. The highest BCUT2D eigenvalue weighted by atomic mass is 32.2. The summed E-state index contributed by atoms with van der Waals surface area (Å²) in [5.74, 6) is 1.63. The maximum atomic E-state index is 13.1. The fraction of sp³-hybridized carbons (Fsp3) is 0.400. The summed E-state index contributed by atoms with van der Waals surface area (Å²) in [6.07, 6.45) is 5.55. The normalized spacial score (nSPS) is 18.9. The lowest BCUT2D eigenvalue weighted by molar-refractivity contribution is -0.121. The van der Waals surface area contributed by atoms with Gasteiger partial charge in [-0.2, -0.15) is 0 Å². The number of carbonyl (C=O) groups is 1. The highest BCUT2D eigenvalue weighted by Crippen LogP contribution is 2.40. The zero-order chi connectivity index (χ0) is 21.2. The minimum Gasteiger partial charge on any atom is -0.348 e. The third-order valence-electron chi connectivity index (χ3n) is 6.21. The van der Waals surface area contributed by atoms with Gasteiger partial charge < -0.3 is 9.88 Å². The number of benzene rings is 2. The summed E-state index contributed by atoms with van der Waals surface area (Å²) in [4.78, 5) is 13.1. The van der Waals surface area contributed by atoms with E-state index in [1.54, 1.807) is 0 Å². The molecule has 0 unspecified atom stereocenters. The third kappa shape index (κ3) is 4.54. The fourth-order valence-electron chi connectivity index (χ4n) is 4.35. The Kier molecular flexibility index (Phi) is 5.81. The molecular weight excluding hydrogens is 404 g/mol. The molecule has 0 spiro atoms. The first kappa shape index (κ1) is 20.3. The molecule has 1 fully saturated rings. The van der Waals surface area contributed by atoms with Crippen LogP contribution in [0.4, 0.5) is 0 Å². The Morgan fingerprint density at radius 1 is 1.10 bits per heavy atom. The number of thioether (sulfide) groups is 1. The van der Waals surface area contributed by atoms with E-state index in [9.17, 15) is 4.79 Å². The molecule has 2 atom stereocenters. The van der Waals surface area contributed by atoms with Gasteiger partial charge in [-0.05, 0) is 55.7 Å². The summed E-state index contributed by atoms with van der Waals surface area (Å²) in [5.41, 5.74) is 3.85. The van der Waals surface area contributed by atoms with Gasteiger partial charge in [-0.15, -0.1) is 10.2 Å². The number of rotatable bonds is 7. The monoisotopic (exact) mass is 432 g/mol. The Hall–Kier alpha value is -2.60. The van der Waals surface area contributed by atoms with E-state index in [1.165, 1.54) is 41.3 Å². The zero-order valence-corrected chi connectivity index (χ0v) is 18.6. The van der Waals surface area contributed by atoms with Crippen molar-refractivity contribution in [1.29, 1.82) is 0 Å². The largest absolute Gasteiger partial charge is 0.348 e. The number of nitrogens with zero attached hydrogens (tertiary/aromatic N) is 3. The summed E-state index contributed by atoms with van der Waals surface area (Å²) >= 11 is 1.51. The molecule has 2 aliphatic rings. The van der Waals surface area contributed by atoms with Crippen LogP contribution in [0.5, 0.6) is 0 Å². The van der Waals surface area contributed by atoms with Crippen LogP contribution >= 0.6 is 11.8 Å². The molecule has 5 rings (SSSR count). The molecule has 0 saturated heterocycles. The minimum atomic E-state index is -0.236. The zero-order valence-electron chi connectivity index (χ0n) is 17.8. The molecular formula is C25H28N4OS. The Morgan fingerprint density at radius 3 is 2.68 bits per heavy atom. The van der Waals surface area contributed by atoms with Crippen LogP contribution in [0.15, 0.2) is 59.8 Å². The van der Waals surface area contributed by atoms with E-state index < -0.39 is 0 Å². The molecule has 3 aromatic rings. The van der Waals surface area contributed by atoms with Crippen molar-refractivity contribution in [2.75, 3.05) is 0 Å². The van der Waals surface area contributed by atoms with Crippen molar-refractivity contribution in [3.05, 3.63) is 77.1 Å². The van der Waals surface area contributed by atoms with E-state index in [0.717, 1.165) is 36.8 Å². The van der Waals surface area contributed by atoms with Crippen LogP contribution in [0.3, 0.4) is 0 Å². The minimum absolute atomic E-state index is 0.0638. The number of nitrogens with one attached hydrogen (secondary N) is 1. The number of aryl methyl sites for hydroxylation is 1. The molecule has 1 heterocycles. The van der Waals surface area contributed by atoms with Crippen LogP contribution in [0.1, 0.15) is 67.1 Å². The SMILES string of the molecule is C[C@@H](Sc1nnc(C2CC2)n1Cc1ccccc1)C(=O)N[C@H]1CCCc2ccccc21. The molecule has 0 bridgehead atoms. The second-order valence-electron chi connectivity index (χ2n) is 8.60. The van der Waals surface area contributed by atoms with E-state index in [2.05, 4.69) is 68.6 Å². The number of hydrogen-bond donors (Lipinski definition) is 1. The van der Waals surface area contributed by atoms with Crippen molar-refractivity contribution >= 4 is 17.7 Å². The standard InChI is InChI=1S/C25H28N4OS/c1-17(24(30)26-22-13-7-11-19-10-5-6-12-21(19)22)31-25-28-27-23(20-14-15-20)29(25)16-18-8-3-2-4-9-18/h2-6,8-10,12,17,20,22H,7,11,13-16H2,1H3,(H,26,30)/t17-,22+/m1/s1. The molecule has 1 saturated carbocycles. The van der Waals surface area contributed by atoms with Crippen molar-refractivity contribution in [2.45, 2.75) is 67.9 Å². The van der Waals surface area contributed by atoms with Crippen LogP contribution in [0, 0.1) is 0 Å². The van der Waals surface area contributed by atoms with Gasteiger partial charge in [0.05, 0.1) is 17.8 Å². The summed E-state index contributed by atoms with van der Waals surface area (Å²) < 4.78 is 2.21. The molecule has 160 valence electrons. The lowest BCUT2D eigenvalue weighted by Gasteiger charge is -2.27. The maximum absolute atomic E-state index is 13.1. The number of fused-ring (bicyclic) bond motifs is 1. The molecule has 2 aromatic carbocycles. The first-order chi connectivity index (χ1) is 15.2. The number of carbonyl (C=O) groups excluding carboxylic acids is 1. The summed E-state index contributed by atoms with van der Waals surface area (Å²) in [6.45, 7) is 2.71. The highest BCUT2D eigenvalue weighted by molar-refractivity contribution is 8.00. The highest BCUT2D eigenvalue weighted by Gasteiger charge is 2.32. The Labute approximate surface area is 187 Å². The van der Waals surface area contributed by atoms with Crippen molar-refractivity contribution in [1.82, 2.24) is 20.1 Å². The van der Waals surface area contributed by atoms with Crippen molar-refractivity contribution in [2.24, 2.45) is 0 Å². The van der Waals surface area contributed by atoms with Crippen LogP contribution in [0.2, 0.25) is 0 Å². The lowest BCUT2D eigenvalue weighted by atomic mass is 9.88. The van der Waals surface area contributed by atoms with Gasteiger partial charge in [0.1, 0.15) is 5.82 Å². The van der Waals surface area contributed by atoms with Crippen LogP contribution < -0.4 is 5.32 Å². The molecule has 0 aliphatic heterocycles. The van der Waals surface area contributed by atoms with E-state index in [-0.39, 0.29) is 17.2 Å². The van der Waals surface area contributed by atoms with Gasteiger partial charge in [0.15, 0.2) is 5.16 Å². The lowest BCUT2D eigenvalue weighted by Crippen LogP contribution is -2.36. The second kappa shape index (κ2) is 8.87. The Balaban J connectivity index is 1.30. The van der Waals surface area contributed by atoms with Gasteiger partial charge in [-0.25, -0.2) is 0 Å². The molecule has 1 amide bonds. The van der Waals surface area contributed by atoms with Gasteiger partial charge in [0, 0.05) is 5.92 Å². The number of aromatic nitrogens is 3. The van der Waals surface area contributed by atoms with Gasteiger partial charge in [-0.3, -0.25) is 4.79 Å². The van der Waals surface area contributed by atoms with Gasteiger partial charge in [0.25, 0.3) is 0 Å². The van der Waals surface area contributed by atoms with Gasteiger partial charge in [-0.1, -0.05) is 66.4 Å². The number of hydrogen-bond acceptors (Lipinski definition) is 4. The van der Waals surface area contributed by atoms with Gasteiger partial charge >= 0.3 is 0 Å². The van der Waals surface area contributed by atoms with Crippen LogP contribution in [-0.4, -0.2) is 25.9 Å². The van der Waals surface area contributed by atoms with E-state index >= 15 is 0 Å². The Bertz CT molecular complexity index is 1060. The van der Waals surface area contributed by atoms with Gasteiger partial charge in [0.2, 0.25) is 5.91 Å². The fourth-order valence-corrected chi connectivity index (χ4v) is 5.21. The summed E-state index contributed by atoms with van der Waals surface area (Å²) in [6, 6.07) is 19.0. The van der Waals surface area contributed by atoms with E-state index in [0.29, 0.717) is 5.92 Å².